The van der Waals surface area contributed by atoms with Gasteiger partial charge in [0, 0.05) is 4.47 Å². The Hall–Kier alpha value is -1.74. The van der Waals surface area contributed by atoms with Crippen molar-refractivity contribution in [1.29, 1.82) is 0 Å². The van der Waals surface area contributed by atoms with Crippen LogP contribution in [-0.4, -0.2) is 30.4 Å². The second-order valence-corrected chi connectivity index (χ2v) is 6.70. The first-order valence-electron chi connectivity index (χ1n) is 6.79. The number of nitrogens with zero attached hydrogens (tertiary/aromatic N) is 6. The Labute approximate surface area is 138 Å². The molecule has 0 amide bonds. The fourth-order valence-electron chi connectivity index (χ4n) is 2.01. The lowest BCUT2D eigenvalue weighted by Gasteiger charge is -1.99. The lowest BCUT2D eigenvalue weighted by Crippen LogP contribution is -1.98. The summed E-state index contributed by atoms with van der Waals surface area (Å²) in [5.41, 5.74) is 0.883. The van der Waals surface area contributed by atoms with E-state index in [2.05, 4.69) is 41.7 Å². The average Bonchev–Trinajstić information content (AvgIpc) is 3.09. The fourth-order valence-corrected chi connectivity index (χ4v) is 3.25. The Kier molecular flexibility index (Phi) is 3.67. The number of hydrogen-bond acceptors (Lipinski definition) is 7. The minimum Gasteiger partial charge on any atom is -0.420 e. The van der Waals surface area contributed by atoms with Gasteiger partial charge < -0.3 is 4.42 Å². The molecular weight excluding hydrogens is 368 g/mol. The summed E-state index contributed by atoms with van der Waals surface area (Å²) < 4.78 is 8.51. The van der Waals surface area contributed by atoms with Crippen LogP contribution in [0.5, 0.6) is 0 Å². The summed E-state index contributed by atoms with van der Waals surface area (Å²) in [5.74, 6) is 1.61. The van der Waals surface area contributed by atoms with Gasteiger partial charge in [-0.3, -0.25) is 0 Å². The van der Waals surface area contributed by atoms with Gasteiger partial charge >= 0.3 is 0 Å². The highest BCUT2D eigenvalue weighted by Gasteiger charge is 2.28. The van der Waals surface area contributed by atoms with Gasteiger partial charge in [-0.2, -0.15) is 0 Å². The number of tetrazole rings is 1. The van der Waals surface area contributed by atoms with E-state index in [0.717, 1.165) is 28.0 Å². The SMILES string of the molecule is Brc1ccccc1-c1nnc(CSc2nnnn2C2CC2)o1. The van der Waals surface area contributed by atoms with E-state index >= 15 is 0 Å². The summed E-state index contributed by atoms with van der Waals surface area (Å²) in [6, 6.07) is 8.21. The van der Waals surface area contributed by atoms with Crippen molar-refractivity contribution in [1.82, 2.24) is 30.4 Å². The van der Waals surface area contributed by atoms with Crippen molar-refractivity contribution in [3.8, 4) is 11.5 Å². The molecule has 0 atom stereocenters. The number of benzene rings is 1. The summed E-state index contributed by atoms with van der Waals surface area (Å²) in [4.78, 5) is 0. The van der Waals surface area contributed by atoms with Gasteiger partial charge in [0.15, 0.2) is 0 Å². The van der Waals surface area contributed by atoms with E-state index in [1.165, 1.54) is 11.8 Å². The van der Waals surface area contributed by atoms with E-state index in [-0.39, 0.29) is 0 Å². The summed E-state index contributed by atoms with van der Waals surface area (Å²) >= 11 is 4.99. The second-order valence-electron chi connectivity index (χ2n) is 4.91. The number of thioether (sulfide) groups is 1. The Morgan fingerprint density at radius 1 is 1.23 bits per heavy atom. The molecule has 0 N–H and O–H groups in total. The quantitative estimate of drug-likeness (QED) is 0.630. The van der Waals surface area contributed by atoms with Crippen molar-refractivity contribution < 1.29 is 4.42 Å². The summed E-state index contributed by atoms with van der Waals surface area (Å²) in [6.45, 7) is 0. The van der Waals surface area contributed by atoms with Gasteiger partial charge in [0.05, 0.1) is 17.4 Å². The molecular formula is C13H11BrN6OS. The van der Waals surface area contributed by atoms with Crippen molar-refractivity contribution in [2.24, 2.45) is 0 Å². The molecule has 2 aromatic heterocycles. The summed E-state index contributed by atoms with van der Waals surface area (Å²) in [5, 5.41) is 20.8. The van der Waals surface area contributed by atoms with E-state index in [4.69, 9.17) is 4.42 Å². The van der Waals surface area contributed by atoms with Crippen LogP contribution in [0.25, 0.3) is 11.5 Å². The molecule has 0 aliphatic heterocycles. The molecule has 0 radical (unpaired) electrons. The Morgan fingerprint density at radius 3 is 2.91 bits per heavy atom. The van der Waals surface area contributed by atoms with E-state index < -0.39 is 0 Å². The minimum absolute atomic E-state index is 0.455. The maximum absolute atomic E-state index is 5.71. The zero-order chi connectivity index (χ0) is 14.9. The number of hydrogen-bond donors (Lipinski definition) is 0. The molecule has 1 saturated carbocycles. The third-order valence-corrected chi connectivity index (χ3v) is 4.86. The molecule has 22 heavy (non-hydrogen) atoms. The van der Waals surface area contributed by atoms with Gasteiger partial charge in [0.2, 0.25) is 16.9 Å². The molecule has 1 aromatic carbocycles. The summed E-state index contributed by atoms with van der Waals surface area (Å²) in [6.07, 6.45) is 2.29. The zero-order valence-electron chi connectivity index (χ0n) is 11.4. The Balaban J connectivity index is 1.48. The molecule has 4 rings (SSSR count). The molecule has 1 fully saturated rings. The molecule has 1 aliphatic carbocycles. The van der Waals surface area contributed by atoms with Crippen LogP contribution in [0.15, 0.2) is 38.3 Å². The smallest absolute Gasteiger partial charge is 0.248 e. The Morgan fingerprint density at radius 2 is 2.09 bits per heavy atom. The molecule has 2 heterocycles. The highest BCUT2D eigenvalue weighted by Crippen LogP contribution is 2.37. The topological polar surface area (TPSA) is 82.5 Å². The average molecular weight is 379 g/mol. The molecule has 0 unspecified atom stereocenters. The van der Waals surface area contributed by atoms with Crippen molar-refractivity contribution in [2.75, 3.05) is 0 Å². The maximum Gasteiger partial charge on any atom is 0.248 e. The standard InChI is InChI=1S/C13H11BrN6OS/c14-10-4-2-1-3-9(10)12-16-15-11(21-12)7-22-13-17-18-19-20(13)8-5-6-8/h1-4,8H,5-7H2. The second kappa shape index (κ2) is 5.81. The van der Waals surface area contributed by atoms with E-state index in [0.29, 0.717) is 23.6 Å². The minimum atomic E-state index is 0.455. The van der Waals surface area contributed by atoms with Crippen LogP contribution >= 0.6 is 27.7 Å². The molecule has 0 bridgehead atoms. The van der Waals surface area contributed by atoms with Crippen LogP contribution in [0.1, 0.15) is 24.8 Å². The molecule has 7 nitrogen and oxygen atoms in total. The van der Waals surface area contributed by atoms with E-state index in [1.54, 1.807) is 0 Å². The molecule has 0 spiro atoms. The van der Waals surface area contributed by atoms with Gasteiger partial charge in [-0.1, -0.05) is 23.9 Å². The lowest BCUT2D eigenvalue weighted by molar-refractivity contribution is 0.526. The molecule has 3 aromatic rings. The summed E-state index contributed by atoms with van der Waals surface area (Å²) in [7, 11) is 0. The molecule has 9 heteroatoms. The Bertz CT molecular complexity index is 799. The third-order valence-electron chi connectivity index (χ3n) is 3.25. The van der Waals surface area contributed by atoms with Crippen molar-refractivity contribution in [2.45, 2.75) is 29.8 Å². The van der Waals surface area contributed by atoms with Crippen molar-refractivity contribution in [3.63, 3.8) is 0 Å². The highest BCUT2D eigenvalue weighted by atomic mass is 79.9. The van der Waals surface area contributed by atoms with Crippen LogP contribution in [-0.2, 0) is 5.75 Å². The van der Waals surface area contributed by atoms with Crippen LogP contribution < -0.4 is 0 Å². The van der Waals surface area contributed by atoms with E-state index in [9.17, 15) is 0 Å². The van der Waals surface area contributed by atoms with Crippen LogP contribution in [0, 0.1) is 0 Å². The normalized spacial score (nSPS) is 14.4. The third kappa shape index (κ3) is 2.78. The first-order valence-corrected chi connectivity index (χ1v) is 8.57. The maximum atomic E-state index is 5.71. The predicted octanol–water partition coefficient (Wildman–Crippen LogP) is 3.11. The number of halogens is 1. The zero-order valence-corrected chi connectivity index (χ0v) is 13.8. The molecule has 0 saturated heterocycles. The predicted molar refractivity (Wildman–Crippen MR) is 83.1 cm³/mol. The van der Waals surface area contributed by atoms with Crippen LogP contribution in [0.3, 0.4) is 0 Å². The molecule has 112 valence electrons. The van der Waals surface area contributed by atoms with E-state index in [1.807, 2.05) is 28.9 Å². The lowest BCUT2D eigenvalue weighted by atomic mass is 10.2. The van der Waals surface area contributed by atoms with Gasteiger partial charge in [0.1, 0.15) is 0 Å². The monoisotopic (exact) mass is 378 g/mol. The fraction of sp³-hybridized carbons (Fsp3) is 0.308. The number of rotatable bonds is 5. The van der Waals surface area contributed by atoms with Gasteiger partial charge in [-0.05, 0) is 51.3 Å². The van der Waals surface area contributed by atoms with Crippen LogP contribution in [0.4, 0.5) is 0 Å². The first kappa shape index (κ1) is 13.9. The van der Waals surface area contributed by atoms with Gasteiger partial charge in [0.25, 0.3) is 0 Å². The molecule has 1 aliphatic rings. The number of aromatic nitrogens is 6. The van der Waals surface area contributed by atoms with Crippen molar-refractivity contribution >= 4 is 27.7 Å². The van der Waals surface area contributed by atoms with Gasteiger partial charge in [-0.15, -0.1) is 15.3 Å². The largest absolute Gasteiger partial charge is 0.420 e. The first-order chi connectivity index (χ1) is 10.8. The van der Waals surface area contributed by atoms with Gasteiger partial charge in [-0.25, -0.2) is 4.68 Å². The van der Waals surface area contributed by atoms with Crippen LogP contribution in [0.2, 0.25) is 0 Å². The highest BCUT2D eigenvalue weighted by molar-refractivity contribution is 9.10. The van der Waals surface area contributed by atoms with Crippen molar-refractivity contribution in [3.05, 3.63) is 34.6 Å².